The van der Waals surface area contributed by atoms with Gasteiger partial charge in [0, 0.05) is 0 Å². The molecule has 0 saturated carbocycles. The molecular weight excluding hydrogens is 128 g/mol. The second-order valence-corrected chi connectivity index (χ2v) is 2.44. The van der Waals surface area contributed by atoms with Crippen molar-refractivity contribution in [2.24, 2.45) is 0 Å². The summed E-state index contributed by atoms with van der Waals surface area (Å²) in [5.41, 5.74) is 0. The summed E-state index contributed by atoms with van der Waals surface area (Å²) in [7, 11) is 0. The van der Waals surface area contributed by atoms with E-state index in [9.17, 15) is 0 Å². The summed E-state index contributed by atoms with van der Waals surface area (Å²) in [4.78, 5) is 3.68. The molecule has 1 heterocycles. The van der Waals surface area contributed by atoms with Crippen molar-refractivity contribution in [1.82, 2.24) is 9.36 Å². The van der Waals surface area contributed by atoms with E-state index >= 15 is 0 Å². The van der Waals surface area contributed by atoms with Crippen molar-refractivity contribution in [1.29, 1.82) is 0 Å². The van der Waals surface area contributed by atoms with E-state index in [0.717, 1.165) is 3.82 Å². The number of nitrogens with zero attached hydrogens (tertiary/aromatic N) is 2. The minimum Gasteiger partial charge on any atom is -0.241 e. The van der Waals surface area contributed by atoms with Crippen LogP contribution in [0.2, 0.25) is 0 Å². The van der Waals surface area contributed by atoms with Gasteiger partial charge in [0.05, 0.1) is 6.20 Å². The number of rotatable bonds is 0. The van der Waals surface area contributed by atoms with Crippen molar-refractivity contribution in [3.8, 4) is 0 Å². The number of hydrogen-bond donors (Lipinski definition) is 0. The zero-order chi connectivity index (χ0) is 5.11. The van der Waals surface area contributed by atoms with E-state index < -0.39 is 0 Å². The van der Waals surface area contributed by atoms with Crippen LogP contribution in [-0.4, -0.2) is 9.36 Å². The highest BCUT2D eigenvalue weighted by atomic mass is 32.2. The maximum atomic E-state index is 4.71. The first-order valence-electron chi connectivity index (χ1n) is 1.65. The van der Waals surface area contributed by atoms with Crippen molar-refractivity contribution < 1.29 is 0 Å². The molecule has 1 rings (SSSR count). The predicted molar refractivity (Wildman–Crippen MR) is 30.7 cm³/mol. The summed E-state index contributed by atoms with van der Waals surface area (Å²) in [5.74, 6) is 0. The Morgan fingerprint density at radius 2 is 2.57 bits per heavy atom. The van der Waals surface area contributed by atoms with Gasteiger partial charge in [-0.25, -0.2) is 4.98 Å². The van der Waals surface area contributed by atoms with Crippen LogP contribution in [0.3, 0.4) is 0 Å². The second-order valence-electron chi connectivity index (χ2n) is 0.909. The molecule has 0 fully saturated rings. The molecule has 0 aliphatic heterocycles. The number of aromatic nitrogens is 2. The first kappa shape index (κ1) is 4.80. The number of hydrogen-bond acceptors (Lipinski definition) is 4. The van der Waals surface area contributed by atoms with E-state index in [0.29, 0.717) is 0 Å². The van der Waals surface area contributed by atoms with Crippen molar-refractivity contribution in [3.05, 3.63) is 16.3 Å². The molecule has 0 unspecified atom stereocenters. The highest BCUT2D eigenvalue weighted by Crippen LogP contribution is 1.88. The van der Waals surface area contributed by atoms with Crippen LogP contribution in [0.5, 0.6) is 0 Å². The minimum atomic E-state index is 0.725. The topological polar surface area (TPSA) is 25.8 Å². The summed E-state index contributed by atoms with van der Waals surface area (Å²) in [6.07, 6.45) is 3.08. The fourth-order valence-corrected chi connectivity index (χ4v) is 0.724. The standard InChI is InChI=1S/C3H2N2S2/c6-3-1-4-2-5-7-3/h1-2H. The van der Waals surface area contributed by atoms with Gasteiger partial charge in [0.15, 0.2) is 0 Å². The lowest BCUT2D eigenvalue weighted by Crippen LogP contribution is -1.65. The zero-order valence-electron chi connectivity index (χ0n) is 3.37. The van der Waals surface area contributed by atoms with Crippen LogP contribution in [0, 0.1) is 3.82 Å². The summed E-state index contributed by atoms with van der Waals surface area (Å²) in [6, 6.07) is 0. The van der Waals surface area contributed by atoms with E-state index in [1.807, 2.05) is 0 Å². The van der Waals surface area contributed by atoms with Gasteiger partial charge in [-0.1, -0.05) is 12.2 Å². The quantitative estimate of drug-likeness (QED) is 0.494. The normalized spacial score (nSPS) is 8.57. The Hall–Kier alpha value is -0.350. The SMILES string of the molecule is S=c1cncns1. The molecule has 36 valence electrons. The van der Waals surface area contributed by atoms with Crippen LogP contribution in [0.15, 0.2) is 12.5 Å². The lowest BCUT2D eigenvalue weighted by atomic mass is 11.0. The van der Waals surface area contributed by atoms with Gasteiger partial charge in [0.1, 0.15) is 10.2 Å². The Labute approximate surface area is 50.0 Å². The molecule has 0 aliphatic rings. The van der Waals surface area contributed by atoms with Gasteiger partial charge in [0.2, 0.25) is 0 Å². The Bertz CT molecular complexity index is 177. The first-order valence-corrected chi connectivity index (χ1v) is 2.84. The van der Waals surface area contributed by atoms with Gasteiger partial charge in [-0.05, 0) is 11.5 Å². The van der Waals surface area contributed by atoms with E-state index in [1.165, 1.54) is 17.9 Å². The smallest absolute Gasteiger partial charge is 0.128 e. The largest absolute Gasteiger partial charge is 0.241 e. The molecule has 4 heteroatoms. The van der Waals surface area contributed by atoms with Crippen LogP contribution < -0.4 is 0 Å². The average molecular weight is 130 g/mol. The molecule has 0 atom stereocenters. The molecule has 0 N–H and O–H groups in total. The summed E-state index contributed by atoms with van der Waals surface area (Å²) < 4.78 is 4.44. The average Bonchev–Trinajstić information content (AvgIpc) is 1.69. The highest BCUT2D eigenvalue weighted by Gasteiger charge is 1.70. The van der Waals surface area contributed by atoms with Crippen LogP contribution in [0.1, 0.15) is 0 Å². The molecule has 0 aromatic carbocycles. The maximum absolute atomic E-state index is 4.71. The molecule has 0 amide bonds. The molecule has 2 nitrogen and oxygen atoms in total. The lowest BCUT2D eigenvalue weighted by Gasteiger charge is -1.71. The third-order valence-electron chi connectivity index (χ3n) is 0.436. The molecular formula is C3H2N2S2. The van der Waals surface area contributed by atoms with Crippen LogP contribution >= 0.6 is 23.8 Å². The van der Waals surface area contributed by atoms with Crippen molar-refractivity contribution in [2.75, 3.05) is 0 Å². The highest BCUT2D eigenvalue weighted by molar-refractivity contribution is 7.73. The van der Waals surface area contributed by atoms with E-state index in [2.05, 4.69) is 9.36 Å². The molecule has 0 aliphatic carbocycles. The molecule has 0 bridgehead atoms. The molecule has 0 radical (unpaired) electrons. The molecule has 7 heavy (non-hydrogen) atoms. The molecule has 0 saturated heterocycles. The third-order valence-corrected chi connectivity index (χ3v) is 1.25. The monoisotopic (exact) mass is 130 g/mol. The third kappa shape index (κ3) is 1.29. The van der Waals surface area contributed by atoms with Gasteiger partial charge >= 0.3 is 0 Å². The van der Waals surface area contributed by atoms with Crippen molar-refractivity contribution in [2.45, 2.75) is 0 Å². The van der Waals surface area contributed by atoms with Gasteiger partial charge in [-0.3, -0.25) is 0 Å². The predicted octanol–water partition coefficient (Wildman–Crippen LogP) is 1.27. The minimum absolute atomic E-state index is 0.725. The van der Waals surface area contributed by atoms with Crippen LogP contribution in [-0.2, 0) is 0 Å². The summed E-state index contributed by atoms with van der Waals surface area (Å²) >= 11 is 5.98. The summed E-state index contributed by atoms with van der Waals surface area (Å²) in [6.45, 7) is 0. The Kier molecular flexibility index (Phi) is 1.43. The fraction of sp³-hybridized carbons (Fsp3) is 0. The lowest BCUT2D eigenvalue weighted by molar-refractivity contribution is 1.26. The van der Waals surface area contributed by atoms with E-state index in [1.54, 1.807) is 6.20 Å². The van der Waals surface area contributed by atoms with Gasteiger partial charge in [-0.2, -0.15) is 4.37 Å². The summed E-state index contributed by atoms with van der Waals surface area (Å²) in [5, 5.41) is 0. The Balaban J connectivity index is 3.28. The van der Waals surface area contributed by atoms with Gasteiger partial charge < -0.3 is 0 Å². The molecule has 1 aromatic rings. The Morgan fingerprint density at radius 3 is 2.86 bits per heavy atom. The van der Waals surface area contributed by atoms with Crippen molar-refractivity contribution >= 4 is 23.8 Å². The molecule has 1 aromatic heterocycles. The van der Waals surface area contributed by atoms with Crippen LogP contribution in [0.4, 0.5) is 0 Å². The van der Waals surface area contributed by atoms with Gasteiger partial charge in [0.25, 0.3) is 0 Å². The maximum Gasteiger partial charge on any atom is 0.128 e. The first-order chi connectivity index (χ1) is 3.39. The fourth-order valence-electron chi connectivity index (χ4n) is 0.220. The zero-order valence-corrected chi connectivity index (χ0v) is 5.00. The second kappa shape index (κ2) is 2.09. The van der Waals surface area contributed by atoms with E-state index in [-0.39, 0.29) is 0 Å². The molecule has 0 spiro atoms. The van der Waals surface area contributed by atoms with Crippen molar-refractivity contribution in [3.63, 3.8) is 0 Å². The van der Waals surface area contributed by atoms with E-state index in [4.69, 9.17) is 12.2 Å². The van der Waals surface area contributed by atoms with Crippen LogP contribution in [0.25, 0.3) is 0 Å². The van der Waals surface area contributed by atoms with Gasteiger partial charge in [-0.15, -0.1) is 0 Å². The Morgan fingerprint density at radius 1 is 1.71 bits per heavy atom.